The second kappa shape index (κ2) is 5.07. The molecule has 5 heteroatoms. The van der Waals surface area contributed by atoms with E-state index in [0.29, 0.717) is 17.0 Å². The van der Waals surface area contributed by atoms with E-state index in [1.807, 2.05) is 42.5 Å². The molecule has 0 spiro atoms. The zero-order chi connectivity index (χ0) is 13.9. The number of nitrogens with two attached hydrogens (primary N) is 1. The van der Waals surface area contributed by atoms with Crippen LogP contribution in [0, 0.1) is 0 Å². The highest BCUT2D eigenvalue weighted by Crippen LogP contribution is 2.23. The van der Waals surface area contributed by atoms with Gasteiger partial charge in [-0.15, -0.1) is 0 Å². The fourth-order valence-corrected chi connectivity index (χ4v) is 2.09. The van der Waals surface area contributed by atoms with Crippen LogP contribution in [0.1, 0.15) is 10.4 Å². The predicted octanol–water partition coefficient (Wildman–Crippen LogP) is 1.90. The van der Waals surface area contributed by atoms with Gasteiger partial charge in [-0.3, -0.25) is 15.2 Å². The number of carbonyl (C=O) groups is 1. The van der Waals surface area contributed by atoms with Gasteiger partial charge in [0.15, 0.2) is 0 Å². The van der Waals surface area contributed by atoms with Gasteiger partial charge in [0, 0.05) is 11.6 Å². The lowest BCUT2D eigenvalue weighted by atomic mass is 10.1. The molecule has 0 fully saturated rings. The van der Waals surface area contributed by atoms with E-state index < -0.39 is 0 Å². The van der Waals surface area contributed by atoms with Gasteiger partial charge in [-0.2, -0.15) is 0 Å². The molecule has 3 rings (SSSR count). The normalized spacial score (nSPS) is 10.4. The van der Waals surface area contributed by atoms with Crippen LogP contribution in [0.2, 0.25) is 0 Å². The van der Waals surface area contributed by atoms with Crippen molar-refractivity contribution < 1.29 is 4.79 Å². The number of carbonyl (C=O) groups excluding carboxylic acids is 1. The lowest BCUT2D eigenvalue weighted by Crippen LogP contribution is -2.30. The molecule has 5 nitrogen and oxygen atoms in total. The zero-order valence-electron chi connectivity index (χ0n) is 10.6. The maximum atomic E-state index is 11.9. The van der Waals surface area contributed by atoms with Gasteiger partial charge in [-0.25, -0.2) is 10.8 Å². The van der Waals surface area contributed by atoms with Crippen molar-refractivity contribution >= 4 is 16.8 Å². The monoisotopic (exact) mass is 264 g/mol. The summed E-state index contributed by atoms with van der Waals surface area (Å²) in [5.41, 5.74) is 4.73. The third-order valence-electron chi connectivity index (χ3n) is 3.02. The molecule has 1 aromatic carbocycles. The van der Waals surface area contributed by atoms with Crippen molar-refractivity contribution in [3.8, 4) is 11.4 Å². The number of pyridine rings is 2. The van der Waals surface area contributed by atoms with Crippen molar-refractivity contribution in [2.24, 2.45) is 5.84 Å². The van der Waals surface area contributed by atoms with Crippen LogP contribution in [0.15, 0.2) is 54.7 Å². The number of hydrogen-bond acceptors (Lipinski definition) is 4. The van der Waals surface area contributed by atoms with Crippen LogP contribution >= 0.6 is 0 Å². The van der Waals surface area contributed by atoms with Gasteiger partial charge in [0.2, 0.25) is 0 Å². The number of rotatable bonds is 2. The molecule has 2 aromatic heterocycles. The largest absolute Gasteiger partial charge is 0.290 e. The number of para-hydroxylation sites is 1. The van der Waals surface area contributed by atoms with Crippen LogP contribution in [0.4, 0.5) is 0 Å². The molecule has 0 radical (unpaired) electrons. The molecule has 0 atom stereocenters. The van der Waals surface area contributed by atoms with Crippen molar-refractivity contribution in [1.82, 2.24) is 15.4 Å². The van der Waals surface area contributed by atoms with Crippen molar-refractivity contribution in [3.05, 3.63) is 60.3 Å². The highest BCUT2D eigenvalue weighted by atomic mass is 16.2. The molecular weight excluding hydrogens is 252 g/mol. The first kappa shape index (κ1) is 12.3. The summed E-state index contributed by atoms with van der Waals surface area (Å²) in [7, 11) is 0. The molecule has 0 aliphatic carbocycles. The maximum Gasteiger partial charge on any atom is 0.265 e. The molecule has 3 N–H and O–H groups in total. The summed E-state index contributed by atoms with van der Waals surface area (Å²) in [6.07, 6.45) is 1.69. The Morgan fingerprint density at radius 3 is 2.60 bits per heavy atom. The number of nitrogens with one attached hydrogen (secondary N) is 1. The summed E-state index contributed by atoms with van der Waals surface area (Å²) in [5.74, 6) is 4.90. The topological polar surface area (TPSA) is 80.9 Å². The van der Waals surface area contributed by atoms with Gasteiger partial charge in [0.1, 0.15) is 0 Å². The summed E-state index contributed by atoms with van der Waals surface area (Å²) in [4.78, 5) is 20.7. The first-order valence-electron chi connectivity index (χ1n) is 6.12. The Morgan fingerprint density at radius 1 is 1.05 bits per heavy atom. The third-order valence-corrected chi connectivity index (χ3v) is 3.02. The van der Waals surface area contributed by atoms with Crippen molar-refractivity contribution in [2.45, 2.75) is 0 Å². The van der Waals surface area contributed by atoms with Crippen LogP contribution < -0.4 is 11.3 Å². The molecule has 0 saturated carbocycles. The third kappa shape index (κ3) is 2.10. The molecule has 0 aliphatic rings. The number of amides is 1. The maximum absolute atomic E-state index is 11.9. The fourth-order valence-electron chi connectivity index (χ4n) is 2.09. The minimum Gasteiger partial charge on any atom is -0.290 e. The molecular formula is C15H12N4O. The van der Waals surface area contributed by atoms with Gasteiger partial charge < -0.3 is 0 Å². The number of nitrogens with zero attached hydrogens (tertiary/aromatic N) is 2. The Balaban J connectivity index is 2.28. The van der Waals surface area contributed by atoms with E-state index in [4.69, 9.17) is 5.84 Å². The summed E-state index contributed by atoms with van der Waals surface area (Å²) in [6.45, 7) is 0. The van der Waals surface area contributed by atoms with Crippen LogP contribution in [0.3, 0.4) is 0 Å². The molecule has 1 amide bonds. The van der Waals surface area contributed by atoms with E-state index in [-0.39, 0.29) is 5.91 Å². The van der Waals surface area contributed by atoms with Gasteiger partial charge in [-0.05, 0) is 24.3 Å². The zero-order valence-corrected chi connectivity index (χ0v) is 10.6. The molecule has 0 unspecified atom stereocenters. The highest BCUT2D eigenvalue weighted by molar-refractivity contribution is 6.06. The Kier molecular flexibility index (Phi) is 3.10. The smallest absolute Gasteiger partial charge is 0.265 e. The molecule has 3 aromatic rings. The number of aromatic nitrogens is 2. The van der Waals surface area contributed by atoms with E-state index in [1.165, 1.54) is 0 Å². The molecule has 98 valence electrons. The average Bonchev–Trinajstić information content (AvgIpc) is 2.54. The minimum absolute atomic E-state index is 0.346. The van der Waals surface area contributed by atoms with Crippen molar-refractivity contribution in [1.29, 1.82) is 0 Å². The number of benzene rings is 1. The quantitative estimate of drug-likeness (QED) is 0.421. The molecule has 2 heterocycles. The van der Waals surface area contributed by atoms with Gasteiger partial charge >= 0.3 is 0 Å². The predicted molar refractivity (Wildman–Crippen MR) is 76.6 cm³/mol. The first-order chi connectivity index (χ1) is 9.79. The second-order valence-electron chi connectivity index (χ2n) is 4.26. The highest BCUT2D eigenvalue weighted by Gasteiger charge is 2.13. The molecule has 0 aliphatic heterocycles. The average molecular weight is 264 g/mol. The lowest BCUT2D eigenvalue weighted by Gasteiger charge is -2.08. The van der Waals surface area contributed by atoms with Gasteiger partial charge in [-0.1, -0.05) is 24.3 Å². The summed E-state index contributed by atoms with van der Waals surface area (Å²) in [5, 5.41) is 0.759. The van der Waals surface area contributed by atoms with Crippen LogP contribution in [0.5, 0.6) is 0 Å². The molecule has 20 heavy (non-hydrogen) atoms. The Morgan fingerprint density at radius 2 is 1.85 bits per heavy atom. The van der Waals surface area contributed by atoms with Crippen molar-refractivity contribution in [2.75, 3.05) is 0 Å². The number of fused-ring (bicyclic) bond motifs is 1. The van der Waals surface area contributed by atoms with E-state index in [2.05, 4.69) is 15.4 Å². The van der Waals surface area contributed by atoms with E-state index >= 15 is 0 Å². The first-order valence-corrected chi connectivity index (χ1v) is 6.12. The number of hydrogen-bond donors (Lipinski definition) is 2. The van der Waals surface area contributed by atoms with E-state index in [1.54, 1.807) is 12.3 Å². The number of nitrogen functional groups attached to an aromatic ring is 1. The minimum atomic E-state index is -0.346. The summed E-state index contributed by atoms with van der Waals surface area (Å²) >= 11 is 0. The Bertz CT molecular complexity index is 771. The van der Waals surface area contributed by atoms with E-state index in [0.717, 1.165) is 10.9 Å². The van der Waals surface area contributed by atoms with Crippen LogP contribution in [0.25, 0.3) is 22.3 Å². The standard InChI is InChI=1S/C15H12N4O/c16-19-15(20)11-9-14(13-7-3-4-8-17-13)18-12-6-2-1-5-10(11)12/h1-9H,16H2,(H,19,20). The summed E-state index contributed by atoms with van der Waals surface area (Å²) in [6, 6.07) is 14.7. The van der Waals surface area contributed by atoms with Crippen LogP contribution in [-0.4, -0.2) is 15.9 Å². The Labute approximate surface area is 115 Å². The van der Waals surface area contributed by atoms with Crippen molar-refractivity contribution in [3.63, 3.8) is 0 Å². The SMILES string of the molecule is NNC(=O)c1cc(-c2ccccn2)nc2ccccc12. The van der Waals surface area contributed by atoms with E-state index in [9.17, 15) is 4.79 Å². The van der Waals surface area contributed by atoms with Gasteiger partial charge in [0.25, 0.3) is 5.91 Å². The van der Waals surface area contributed by atoms with Gasteiger partial charge in [0.05, 0.1) is 22.5 Å². The number of hydrazine groups is 1. The lowest BCUT2D eigenvalue weighted by molar-refractivity contribution is 0.0955. The second-order valence-corrected chi connectivity index (χ2v) is 4.26. The molecule has 0 bridgehead atoms. The molecule has 0 saturated heterocycles. The van der Waals surface area contributed by atoms with Crippen LogP contribution in [-0.2, 0) is 0 Å². The fraction of sp³-hybridized carbons (Fsp3) is 0. The Hall–Kier alpha value is -2.79. The summed E-state index contributed by atoms with van der Waals surface area (Å²) < 4.78 is 0.